The van der Waals surface area contributed by atoms with Crippen LogP contribution in [0.1, 0.15) is 5.56 Å². The van der Waals surface area contributed by atoms with Gasteiger partial charge in [0.2, 0.25) is 9.84 Å². The van der Waals surface area contributed by atoms with E-state index in [-0.39, 0.29) is 15.9 Å². The maximum atomic E-state index is 12.0. The highest BCUT2D eigenvalue weighted by Gasteiger charge is 2.17. The van der Waals surface area contributed by atoms with Gasteiger partial charge >= 0.3 is 0 Å². The van der Waals surface area contributed by atoms with Gasteiger partial charge in [0.15, 0.2) is 5.03 Å². The fourth-order valence-corrected chi connectivity index (χ4v) is 3.19. The monoisotopic (exact) mass is 350 g/mol. The van der Waals surface area contributed by atoms with E-state index < -0.39 is 9.84 Å². The fraction of sp³-hybridized carbons (Fsp3) is 0.0833. The molecular formula is C12H9Cl3N2O2S. The van der Waals surface area contributed by atoms with Crippen molar-refractivity contribution in [3.63, 3.8) is 0 Å². The second-order valence-corrected chi connectivity index (χ2v) is 7.13. The molecule has 8 heteroatoms. The predicted molar refractivity (Wildman–Crippen MR) is 80.9 cm³/mol. The molecule has 4 nitrogen and oxygen atoms in total. The van der Waals surface area contributed by atoms with E-state index in [9.17, 15) is 8.42 Å². The molecule has 0 aliphatic rings. The van der Waals surface area contributed by atoms with Crippen molar-refractivity contribution in [2.45, 2.75) is 5.03 Å². The molecule has 0 aliphatic carbocycles. The average Bonchev–Trinajstić information content (AvgIpc) is 2.83. The summed E-state index contributed by atoms with van der Waals surface area (Å²) in [6, 6.07) is 8.08. The Kier molecular flexibility index (Phi) is 4.75. The predicted octanol–water partition coefficient (Wildman–Crippen LogP) is 3.77. The van der Waals surface area contributed by atoms with Crippen LogP contribution in [0.2, 0.25) is 10.2 Å². The summed E-state index contributed by atoms with van der Waals surface area (Å²) in [4.78, 5) is 0. The molecule has 0 radical (unpaired) electrons. The van der Waals surface area contributed by atoms with Crippen LogP contribution in [-0.4, -0.2) is 24.4 Å². The summed E-state index contributed by atoms with van der Waals surface area (Å²) < 4.78 is 24.0. The first-order chi connectivity index (χ1) is 9.38. The van der Waals surface area contributed by atoms with E-state index in [1.165, 1.54) is 12.1 Å². The van der Waals surface area contributed by atoms with Crippen LogP contribution in [0.25, 0.3) is 5.03 Å². The van der Waals surface area contributed by atoms with Crippen molar-refractivity contribution < 1.29 is 8.42 Å². The topological polar surface area (TPSA) is 62.8 Å². The lowest BCUT2D eigenvalue weighted by atomic mass is 10.2. The molecular weight excluding hydrogens is 343 g/mol. The number of hydrogen-bond acceptors (Lipinski definition) is 3. The van der Waals surface area contributed by atoms with E-state index in [1.807, 2.05) is 0 Å². The van der Waals surface area contributed by atoms with Gasteiger partial charge in [-0.05, 0) is 23.8 Å². The SMILES string of the molecule is O=S(=O)(CC=C(Cl)c1cccc(Cl)c1)c1cc(Cl)[nH]n1. The number of aromatic nitrogens is 2. The molecule has 0 saturated heterocycles. The molecule has 0 saturated carbocycles. The van der Waals surface area contributed by atoms with E-state index in [4.69, 9.17) is 34.8 Å². The summed E-state index contributed by atoms with van der Waals surface area (Å²) in [6.45, 7) is 0. The molecule has 106 valence electrons. The van der Waals surface area contributed by atoms with Crippen LogP contribution < -0.4 is 0 Å². The van der Waals surface area contributed by atoms with Crippen LogP contribution in [0.3, 0.4) is 0 Å². The van der Waals surface area contributed by atoms with Crippen molar-refractivity contribution >= 4 is 49.7 Å². The number of nitrogens with one attached hydrogen (secondary N) is 1. The summed E-state index contributed by atoms with van der Waals surface area (Å²) in [5.41, 5.74) is 0.648. The lowest BCUT2D eigenvalue weighted by Crippen LogP contribution is -2.05. The molecule has 2 aromatic rings. The van der Waals surface area contributed by atoms with Crippen LogP contribution >= 0.6 is 34.8 Å². The van der Waals surface area contributed by atoms with Gasteiger partial charge in [-0.3, -0.25) is 5.10 Å². The first-order valence-electron chi connectivity index (χ1n) is 5.44. The van der Waals surface area contributed by atoms with Gasteiger partial charge < -0.3 is 0 Å². The molecule has 0 spiro atoms. The number of benzene rings is 1. The van der Waals surface area contributed by atoms with Crippen LogP contribution in [0.15, 0.2) is 41.4 Å². The first kappa shape index (κ1) is 15.4. The Morgan fingerprint density at radius 1 is 1.30 bits per heavy atom. The number of halogens is 3. The number of rotatable bonds is 4. The van der Waals surface area contributed by atoms with Gasteiger partial charge in [0.05, 0.1) is 5.75 Å². The lowest BCUT2D eigenvalue weighted by molar-refractivity contribution is 0.595. The van der Waals surface area contributed by atoms with E-state index in [1.54, 1.807) is 24.3 Å². The zero-order valence-electron chi connectivity index (χ0n) is 9.98. The zero-order valence-corrected chi connectivity index (χ0v) is 13.1. The normalized spacial score (nSPS) is 12.7. The van der Waals surface area contributed by atoms with Gasteiger partial charge in [-0.2, -0.15) is 5.10 Å². The average molecular weight is 352 g/mol. The van der Waals surface area contributed by atoms with Gasteiger partial charge in [0.25, 0.3) is 0 Å². The highest BCUT2D eigenvalue weighted by atomic mass is 35.5. The minimum Gasteiger partial charge on any atom is -0.266 e. The molecule has 20 heavy (non-hydrogen) atoms. The molecule has 1 N–H and O–H groups in total. The van der Waals surface area contributed by atoms with Gasteiger partial charge in [0.1, 0.15) is 5.15 Å². The Balaban J connectivity index is 2.20. The van der Waals surface area contributed by atoms with Crippen molar-refractivity contribution in [2.75, 3.05) is 5.75 Å². The summed E-state index contributed by atoms with van der Waals surface area (Å²) in [7, 11) is -3.57. The van der Waals surface area contributed by atoms with Crippen LogP contribution in [0.4, 0.5) is 0 Å². The van der Waals surface area contributed by atoms with Crippen LogP contribution in [0, 0.1) is 0 Å². The van der Waals surface area contributed by atoms with Gasteiger partial charge in [-0.25, -0.2) is 8.42 Å². The van der Waals surface area contributed by atoms with Crippen LogP contribution in [-0.2, 0) is 9.84 Å². The van der Waals surface area contributed by atoms with Crippen molar-refractivity contribution in [3.8, 4) is 0 Å². The minimum absolute atomic E-state index is 0.116. The third-order valence-corrected chi connectivity index (χ3v) is 4.68. The number of aromatic amines is 1. The lowest BCUT2D eigenvalue weighted by Gasteiger charge is -2.01. The standard InChI is InChI=1S/C12H9Cl3N2O2S/c13-9-3-1-2-8(6-9)10(14)4-5-20(18,19)12-7-11(15)16-17-12/h1-4,6-7H,5H2,(H,16,17). The van der Waals surface area contributed by atoms with Crippen LogP contribution in [0.5, 0.6) is 0 Å². The van der Waals surface area contributed by atoms with Crippen molar-refractivity contribution in [1.82, 2.24) is 10.2 Å². The molecule has 0 unspecified atom stereocenters. The fourth-order valence-electron chi connectivity index (χ4n) is 1.46. The molecule has 0 bridgehead atoms. The Labute approximate surface area is 131 Å². The summed E-state index contributed by atoms with van der Waals surface area (Å²) in [5, 5.41) is 6.85. The van der Waals surface area contributed by atoms with Crippen molar-refractivity contribution in [1.29, 1.82) is 0 Å². The summed E-state index contributed by atoms with van der Waals surface area (Å²) >= 11 is 17.5. The molecule has 0 amide bonds. The first-order valence-corrected chi connectivity index (χ1v) is 8.22. The maximum absolute atomic E-state index is 12.0. The molecule has 1 aromatic carbocycles. The molecule has 0 fully saturated rings. The number of nitrogens with zero attached hydrogens (tertiary/aromatic N) is 1. The number of hydrogen-bond donors (Lipinski definition) is 1. The largest absolute Gasteiger partial charge is 0.266 e. The molecule has 0 aliphatic heterocycles. The maximum Gasteiger partial charge on any atom is 0.201 e. The summed E-state index contributed by atoms with van der Waals surface area (Å²) in [6.07, 6.45) is 1.39. The van der Waals surface area contributed by atoms with E-state index in [0.29, 0.717) is 15.6 Å². The van der Waals surface area contributed by atoms with Gasteiger partial charge in [-0.1, -0.05) is 46.9 Å². The quantitative estimate of drug-likeness (QED) is 0.912. The molecule has 1 heterocycles. The Hall–Kier alpha value is -1.01. The molecule has 2 rings (SSSR count). The number of H-pyrrole nitrogens is 1. The zero-order chi connectivity index (χ0) is 14.8. The number of sulfone groups is 1. The van der Waals surface area contributed by atoms with Crippen molar-refractivity contribution in [3.05, 3.63) is 52.1 Å². The highest BCUT2D eigenvalue weighted by Crippen LogP contribution is 2.23. The minimum atomic E-state index is -3.57. The third kappa shape index (κ3) is 3.76. The van der Waals surface area contributed by atoms with Gasteiger partial charge in [-0.15, -0.1) is 0 Å². The van der Waals surface area contributed by atoms with E-state index >= 15 is 0 Å². The Morgan fingerprint density at radius 2 is 2.05 bits per heavy atom. The Bertz CT molecular complexity index is 754. The third-order valence-electron chi connectivity index (χ3n) is 2.42. The van der Waals surface area contributed by atoms with Gasteiger partial charge in [0, 0.05) is 16.1 Å². The molecule has 0 atom stereocenters. The van der Waals surface area contributed by atoms with Crippen molar-refractivity contribution in [2.24, 2.45) is 0 Å². The van der Waals surface area contributed by atoms with E-state index in [2.05, 4.69) is 10.2 Å². The second-order valence-electron chi connectivity index (χ2n) is 3.90. The second kappa shape index (κ2) is 6.18. The van der Waals surface area contributed by atoms with E-state index in [0.717, 1.165) is 0 Å². The highest BCUT2D eigenvalue weighted by molar-refractivity contribution is 7.91. The molecule has 1 aromatic heterocycles. The smallest absolute Gasteiger partial charge is 0.201 e. The Morgan fingerprint density at radius 3 is 2.65 bits per heavy atom. The summed E-state index contributed by atoms with van der Waals surface area (Å²) in [5.74, 6) is -0.278.